The molecule has 218 valence electrons. The maximum atomic E-state index is 13.5. The number of hydrogen-bond acceptors (Lipinski definition) is 6. The van der Waals surface area contributed by atoms with Gasteiger partial charge in [0.2, 0.25) is 5.91 Å². The molecule has 11 heteroatoms. The minimum Gasteiger partial charge on any atom is -0.493 e. The summed E-state index contributed by atoms with van der Waals surface area (Å²) in [6.45, 7) is 3.26. The Balaban J connectivity index is 1.49. The van der Waals surface area contributed by atoms with Crippen LogP contribution in [0.5, 0.6) is 23.0 Å². The van der Waals surface area contributed by atoms with Crippen molar-refractivity contribution < 1.29 is 37.0 Å². The number of fused-ring (bicyclic) bond motifs is 2. The zero-order chi connectivity index (χ0) is 30.7. The predicted octanol–water partition coefficient (Wildman–Crippen LogP) is 7.59. The van der Waals surface area contributed by atoms with Crippen LogP contribution in [0.1, 0.15) is 15.9 Å². The SMILES string of the molecule is C=CC(=O)Nc1cc(NC(=O)c2cccc3c(Oc4ccnc5cc(OC)c(OC)cc45)cccc23)ccc1C(F)(F)F. The molecule has 1 heterocycles. The van der Waals surface area contributed by atoms with Gasteiger partial charge in [-0.15, -0.1) is 0 Å². The number of methoxy groups -OCH3 is 2. The molecule has 5 aromatic rings. The third-order valence-corrected chi connectivity index (χ3v) is 6.58. The summed E-state index contributed by atoms with van der Waals surface area (Å²) in [7, 11) is 3.06. The summed E-state index contributed by atoms with van der Waals surface area (Å²) in [6.07, 6.45) is -2.28. The van der Waals surface area contributed by atoms with E-state index in [2.05, 4.69) is 22.2 Å². The Hall–Kier alpha value is -5.58. The molecule has 0 spiro atoms. The fourth-order valence-electron chi connectivity index (χ4n) is 4.58. The molecule has 0 aliphatic rings. The molecule has 0 atom stereocenters. The third-order valence-electron chi connectivity index (χ3n) is 6.58. The lowest BCUT2D eigenvalue weighted by atomic mass is 10.0. The van der Waals surface area contributed by atoms with Gasteiger partial charge in [0, 0.05) is 34.3 Å². The molecule has 1 aromatic heterocycles. The quantitative estimate of drug-likeness (QED) is 0.182. The van der Waals surface area contributed by atoms with E-state index in [1.54, 1.807) is 60.8 Å². The van der Waals surface area contributed by atoms with Crippen molar-refractivity contribution in [2.45, 2.75) is 6.18 Å². The van der Waals surface area contributed by atoms with Gasteiger partial charge in [0.25, 0.3) is 5.91 Å². The number of amides is 2. The van der Waals surface area contributed by atoms with Gasteiger partial charge < -0.3 is 24.8 Å². The molecule has 0 radical (unpaired) electrons. The molecule has 0 aliphatic carbocycles. The second-order valence-corrected chi connectivity index (χ2v) is 9.20. The number of alkyl halides is 3. The summed E-state index contributed by atoms with van der Waals surface area (Å²) in [4.78, 5) is 29.5. The molecule has 0 bridgehead atoms. The topological polar surface area (TPSA) is 98.8 Å². The second-order valence-electron chi connectivity index (χ2n) is 9.20. The molecular weight excluding hydrogens is 563 g/mol. The maximum absolute atomic E-state index is 13.5. The summed E-state index contributed by atoms with van der Waals surface area (Å²) in [5, 5.41) is 6.60. The minimum atomic E-state index is -4.73. The number of nitrogens with one attached hydrogen (secondary N) is 2. The van der Waals surface area contributed by atoms with E-state index in [-0.39, 0.29) is 11.3 Å². The summed E-state index contributed by atoms with van der Waals surface area (Å²) < 4.78 is 57.6. The molecule has 0 fully saturated rings. The normalized spacial score (nSPS) is 11.2. The molecule has 2 amide bonds. The first-order chi connectivity index (χ1) is 20.6. The highest BCUT2D eigenvalue weighted by Gasteiger charge is 2.34. The van der Waals surface area contributed by atoms with E-state index in [4.69, 9.17) is 14.2 Å². The van der Waals surface area contributed by atoms with Crippen LogP contribution in [0.15, 0.2) is 91.6 Å². The highest BCUT2D eigenvalue weighted by Crippen LogP contribution is 2.39. The lowest BCUT2D eigenvalue weighted by Crippen LogP contribution is -2.16. The number of anilines is 2. The summed E-state index contributed by atoms with van der Waals surface area (Å²) in [6, 6.07) is 18.4. The zero-order valence-electron chi connectivity index (χ0n) is 22.9. The number of nitrogens with zero attached hydrogens (tertiary/aromatic N) is 1. The van der Waals surface area contributed by atoms with Gasteiger partial charge in [-0.1, -0.05) is 30.8 Å². The van der Waals surface area contributed by atoms with Crippen molar-refractivity contribution in [1.82, 2.24) is 4.98 Å². The second kappa shape index (κ2) is 11.7. The van der Waals surface area contributed by atoms with E-state index >= 15 is 0 Å². The molecule has 43 heavy (non-hydrogen) atoms. The number of carbonyl (C=O) groups excluding carboxylic acids is 2. The van der Waals surface area contributed by atoms with E-state index < -0.39 is 29.2 Å². The Bertz CT molecular complexity index is 1890. The number of carbonyl (C=O) groups is 2. The molecule has 8 nitrogen and oxygen atoms in total. The predicted molar refractivity (Wildman–Crippen MR) is 157 cm³/mol. The molecule has 4 aromatic carbocycles. The Morgan fingerprint density at radius 2 is 1.51 bits per heavy atom. The molecule has 2 N–H and O–H groups in total. The zero-order valence-corrected chi connectivity index (χ0v) is 22.9. The number of hydrogen-bond donors (Lipinski definition) is 2. The Labute approximate surface area is 243 Å². The van der Waals surface area contributed by atoms with Gasteiger partial charge in [0.1, 0.15) is 11.5 Å². The number of rotatable bonds is 8. The first-order valence-electron chi connectivity index (χ1n) is 12.8. The van der Waals surface area contributed by atoms with E-state index in [1.165, 1.54) is 14.2 Å². The van der Waals surface area contributed by atoms with Crippen molar-refractivity contribution in [2.24, 2.45) is 0 Å². The van der Waals surface area contributed by atoms with Gasteiger partial charge in [-0.3, -0.25) is 14.6 Å². The maximum Gasteiger partial charge on any atom is 0.418 e. The number of benzene rings is 4. The number of ether oxygens (including phenoxy) is 3. The average molecular weight is 588 g/mol. The Kier molecular flexibility index (Phi) is 7.89. The molecule has 0 aliphatic heterocycles. The molecule has 0 saturated heterocycles. The van der Waals surface area contributed by atoms with Crippen LogP contribution in [0.2, 0.25) is 0 Å². The highest BCUT2D eigenvalue weighted by molar-refractivity contribution is 6.14. The van der Waals surface area contributed by atoms with E-state index in [0.29, 0.717) is 44.7 Å². The molecule has 0 saturated carbocycles. The molecule has 5 rings (SSSR count). The monoisotopic (exact) mass is 587 g/mol. The smallest absolute Gasteiger partial charge is 0.418 e. The van der Waals surface area contributed by atoms with Crippen LogP contribution in [0.3, 0.4) is 0 Å². The van der Waals surface area contributed by atoms with Crippen LogP contribution in [-0.4, -0.2) is 31.0 Å². The molecule has 0 unspecified atom stereocenters. The summed E-state index contributed by atoms with van der Waals surface area (Å²) in [5.74, 6) is 0.569. The lowest BCUT2D eigenvalue weighted by molar-refractivity contribution is -0.136. The van der Waals surface area contributed by atoms with Gasteiger partial charge in [0.05, 0.1) is 31.0 Å². The van der Waals surface area contributed by atoms with Gasteiger partial charge in [-0.25, -0.2) is 0 Å². The summed E-state index contributed by atoms with van der Waals surface area (Å²) >= 11 is 0. The van der Waals surface area contributed by atoms with Crippen LogP contribution < -0.4 is 24.8 Å². The van der Waals surface area contributed by atoms with E-state index in [9.17, 15) is 22.8 Å². The van der Waals surface area contributed by atoms with Crippen LogP contribution in [-0.2, 0) is 11.0 Å². The Morgan fingerprint density at radius 1 is 0.814 bits per heavy atom. The van der Waals surface area contributed by atoms with Crippen molar-refractivity contribution in [1.29, 1.82) is 0 Å². The lowest BCUT2D eigenvalue weighted by Gasteiger charge is -2.16. The number of halogens is 3. The fourth-order valence-corrected chi connectivity index (χ4v) is 4.58. The highest BCUT2D eigenvalue weighted by atomic mass is 19.4. The third kappa shape index (κ3) is 5.91. The van der Waals surface area contributed by atoms with Crippen LogP contribution >= 0.6 is 0 Å². The van der Waals surface area contributed by atoms with Gasteiger partial charge >= 0.3 is 6.18 Å². The van der Waals surface area contributed by atoms with Crippen LogP contribution in [0, 0.1) is 0 Å². The Morgan fingerprint density at radius 3 is 2.23 bits per heavy atom. The van der Waals surface area contributed by atoms with Crippen molar-refractivity contribution >= 4 is 44.9 Å². The van der Waals surface area contributed by atoms with Crippen LogP contribution in [0.25, 0.3) is 21.7 Å². The molecular formula is C32H24F3N3O5. The average Bonchev–Trinajstić information content (AvgIpc) is 2.99. The van der Waals surface area contributed by atoms with E-state index in [1.807, 2.05) is 0 Å². The van der Waals surface area contributed by atoms with Gasteiger partial charge in [-0.05, 0) is 53.9 Å². The van der Waals surface area contributed by atoms with Crippen molar-refractivity contribution in [3.8, 4) is 23.0 Å². The standard InChI is InChI=1S/C32H24F3N3O5/c1-4-30(39)38-25-15-18(11-12-23(25)32(33,34)35)37-31(40)21-9-5-8-20-19(21)7-6-10-26(20)43-27-13-14-36-24-17-29(42-3)28(41-2)16-22(24)27/h4-17H,1H2,2-3H3,(H,37,40)(H,38,39). The summed E-state index contributed by atoms with van der Waals surface area (Å²) in [5.41, 5.74) is -0.648. The van der Waals surface area contributed by atoms with Crippen molar-refractivity contribution in [3.63, 3.8) is 0 Å². The van der Waals surface area contributed by atoms with Crippen LogP contribution in [0.4, 0.5) is 24.5 Å². The largest absolute Gasteiger partial charge is 0.493 e. The minimum absolute atomic E-state index is 0.0504. The van der Waals surface area contributed by atoms with E-state index in [0.717, 1.165) is 24.3 Å². The first kappa shape index (κ1) is 28.9. The van der Waals surface area contributed by atoms with Crippen molar-refractivity contribution in [2.75, 3.05) is 24.9 Å². The van der Waals surface area contributed by atoms with Crippen molar-refractivity contribution in [3.05, 3.63) is 103 Å². The first-order valence-corrected chi connectivity index (χ1v) is 12.8. The fraction of sp³-hybridized carbons (Fsp3) is 0.0938. The number of aromatic nitrogens is 1. The van der Waals surface area contributed by atoms with Gasteiger partial charge in [-0.2, -0.15) is 13.2 Å². The number of pyridine rings is 1. The van der Waals surface area contributed by atoms with Gasteiger partial charge in [0.15, 0.2) is 11.5 Å².